The average Bonchev–Trinajstić information content (AvgIpc) is 2.47. The molecule has 2 aromatic rings. The van der Waals surface area contributed by atoms with Crippen LogP contribution in [0.1, 0.15) is 25.0 Å². The van der Waals surface area contributed by atoms with E-state index in [-0.39, 0.29) is 5.41 Å². The first-order valence-electron chi connectivity index (χ1n) is 6.37. The zero-order valence-electron chi connectivity index (χ0n) is 11.9. The van der Waals surface area contributed by atoms with E-state index in [2.05, 4.69) is 38.1 Å². The smallest absolute Gasteiger partial charge is 0.123 e. The molecule has 2 nitrogen and oxygen atoms in total. The molecule has 0 saturated carbocycles. The van der Waals surface area contributed by atoms with Crippen LogP contribution in [0.25, 0.3) is 0 Å². The van der Waals surface area contributed by atoms with Gasteiger partial charge in [-0.25, -0.2) is 0 Å². The molecule has 0 aliphatic heterocycles. The maximum absolute atomic E-state index is 5.50. The number of ether oxygens (including phenoxy) is 2. The second-order valence-corrected chi connectivity index (χ2v) is 5.06. The van der Waals surface area contributed by atoms with Crippen LogP contribution in [0.2, 0.25) is 0 Å². The van der Waals surface area contributed by atoms with Gasteiger partial charge in [-0.05, 0) is 23.8 Å². The van der Waals surface area contributed by atoms with E-state index in [4.69, 9.17) is 9.47 Å². The molecule has 2 heteroatoms. The molecule has 0 fully saturated rings. The van der Waals surface area contributed by atoms with Crippen LogP contribution in [0.5, 0.6) is 11.5 Å². The van der Waals surface area contributed by atoms with Crippen molar-refractivity contribution in [3.8, 4) is 11.5 Å². The molecule has 2 rings (SSSR count). The minimum absolute atomic E-state index is 0.138. The molecule has 0 aliphatic rings. The van der Waals surface area contributed by atoms with Crippen molar-refractivity contribution >= 4 is 0 Å². The molecule has 0 aliphatic carbocycles. The maximum Gasteiger partial charge on any atom is 0.123 e. The molecule has 0 spiro atoms. The Morgan fingerprint density at radius 1 is 0.842 bits per heavy atom. The monoisotopic (exact) mass is 256 g/mol. The van der Waals surface area contributed by atoms with Crippen LogP contribution in [-0.2, 0) is 5.41 Å². The molecule has 0 amide bonds. The Labute approximate surface area is 115 Å². The lowest BCUT2D eigenvalue weighted by Gasteiger charge is -2.28. The third-order valence-corrected chi connectivity index (χ3v) is 3.58. The summed E-state index contributed by atoms with van der Waals surface area (Å²) in [5.41, 5.74) is 2.24. The molecule has 2 aromatic carbocycles. The van der Waals surface area contributed by atoms with Crippen molar-refractivity contribution in [2.45, 2.75) is 19.3 Å². The van der Waals surface area contributed by atoms with E-state index in [1.54, 1.807) is 14.2 Å². The lowest BCUT2D eigenvalue weighted by atomic mass is 9.77. The lowest BCUT2D eigenvalue weighted by Crippen LogP contribution is -2.20. The molecular formula is C17H20O2. The maximum atomic E-state index is 5.50. The quantitative estimate of drug-likeness (QED) is 0.822. The van der Waals surface area contributed by atoms with Crippen molar-refractivity contribution in [3.05, 3.63) is 59.7 Å². The predicted molar refractivity (Wildman–Crippen MR) is 78.1 cm³/mol. The first-order chi connectivity index (χ1) is 9.09. The predicted octanol–water partition coefficient (Wildman–Crippen LogP) is 4.03. The number of methoxy groups -OCH3 is 2. The van der Waals surface area contributed by atoms with Gasteiger partial charge in [0.05, 0.1) is 14.2 Å². The van der Waals surface area contributed by atoms with Crippen LogP contribution in [0, 0.1) is 0 Å². The topological polar surface area (TPSA) is 18.5 Å². The summed E-state index contributed by atoms with van der Waals surface area (Å²) in [6.07, 6.45) is 0. The van der Waals surface area contributed by atoms with E-state index < -0.39 is 0 Å². The van der Waals surface area contributed by atoms with Crippen LogP contribution in [0.3, 0.4) is 0 Å². The van der Waals surface area contributed by atoms with Crippen molar-refractivity contribution in [3.63, 3.8) is 0 Å². The van der Waals surface area contributed by atoms with Gasteiger partial charge in [0.1, 0.15) is 11.5 Å². The zero-order chi connectivity index (χ0) is 13.9. The summed E-state index contributed by atoms with van der Waals surface area (Å²) >= 11 is 0. The molecule has 19 heavy (non-hydrogen) atoms. The van der Waals surface area contributed by atoms with E-state index >= 15 is 0 Å². The van der Waals surface area contributed by atoms with Gasteiger partial charge in [-0.3, -0.25) is 0 Å². The summed E-state index contributed by atoms with van der Waals surface area (Å²) < 4.78 is 10.8. The van der Waals surface area contributed by atoms with Crippen molar-refractivity contribution in [2.75, 3.05) is 14.2 Å². The highest BCUT2D eigenvalue weighted by atomic mass is 16.5. The van der Waals surface area contributed by atoms with Crippen molar-refractivity contribution in [1.82, 2.24) is 0 Å². The SMILES string of the molecule is COc1ccc(OC)c(C(C)(C)c2ccccc2)c1. The molecule has 0 radical (unpaired) electrons. The first-order valence-corrected chi connectivity index (χ1v) is 6.37. The molecule has 0 saturated heterocycles. The summed E-state index contributed by atoms with van der Waals surface area (Å²) in [7, 11) is 3.38. The number of rotatable bonds is 4. The summed E-state index contributed by atoms with van der Waals surface area (Å²) in [5, 5.41) is 0. The standard InChI is InChI=1S/C17H20O2/c1-17(2,13-8-6-5-7-9-13)15-12-14(18-3)10-11-16(15)19-4/h5-12H,1-4H3. The van der Waals surface area contributed by atoms with Crippen LogP contribution in [0.15, 0.2) is 48.5 Å². The number of hydrogen-bond donors (Lipinski definition) is 0. The Hall–Kier alpha value is -1.96. The fourth-order valence-electron chi connectivity index (χ4n) is 2.31. The molecular weight excluding hydrogens is 236 g/mol. The van der Waals surface area contributed by atoms with E-state index in [0.717, 1.165) is 17.1 Å². The van der Waals surface area contributed by atoms with E-state index in [1.807, 2.05) is 24.3 Å². The lowest BCUT2D eigenvalue weighted by molar-refractivity contribution is 0.391. The van der Waals surface area contributed by atoms with Crippen LogP contribution >= 0.6 is 0 Å². The fraction of sp³-hybridized carbons (Fsp3) is 0.294. The van der Waals surface area contributed by atoms with E-state index in [9.17, 15) is 0 Å². The number of hydrogen-bond acceptors (Lipinski definition) is 2. The molecule has 0 atom stereocenters. The second kappa shape index (κ2) is 5.35. The Morgan fingerprint density at radius 2 is 1.53 bits per heavy atom. The van der Waals surface area contributed by atoms with Gasteiger partial charge in [0.2, 0.25) is 0 Å². The Morgan fingerprint density at radius 3 is 2.11 bits per heavy atom. The number of benzene rings is 2. The average molecular weight is 256 g/mol. The second-order valence-electron chi connectivity index (χ2n) is 5.06. The normalized spacial score (nSPS) is 11.2. The van der Waals surface area contributed by atoms with Crippen LogP contribution in [0.4, 0.5) is 0 Å². The van der Waals surface area contributed by atoms with Gasteiger partial charge in [-0.15, -0.1) is 0 Å². The van der Waals surface area contributed by atoms with E-state index in [0.29, 0.717) is 0 Å². The van der Waals surface area contributed by atoms with Gasteiger partial charge in [-0.1, -0.05) is 44.2 Å². The highest BCUT2D eigenvalue weighted by molar-refractivity contribution is 5.49. The third-order valence-electron chi connectivity index (χ3n) is 3.58. The van der Waals surface area contributed by atoms with E-state index in [1.165, 1.54) is 5.56 Å². The van der Waals surface area contributed by atoms with Gasteiger partial charge in [0, 0.05) is 11.0 Å². The molecule has 100 valence electrons. The Kier molecular flexibility index (Phi) is 3.79. The first kappa shape index (κ1) is 13.5. The van der Waals surface area contributed by atoms with Crippen molar-refractivity contribution in [1.29, 1.82) is 0 Å². The van der Waals surface area contributed by atoms with Crippen LogP contribution in [-0.4, -0.2) is 14.2 Å². The summed E-state index contributed by atoms with van der Waals surface area (Å²) in [4.78, 5) is 0. The summed E-state index contributed by atoms with van der Waals surface area (Å²) in [6, 6.07) is 16.3. The largest absolute Gasteiger partial charge is 0.497 e. The summed E-state index contributed by atoms with van der Waals surface area (Å²) in [5.74, 6) is 1.73. The Bertz CT molecular complexity index is 544. The van der Waals surface area contributed by atoms with Gasteiger partial charge >= 0.3 is 0 Å². The van der Waals surface area contributed by atoms with Gasteiger partial charge in [0.15, 0.2) is 0 Å². The minimum Gasteiger partial charge on any atom is -0.497 e. The van der Waals surface area contributed by atoms with Crippen molar-refractivity contribution < 1.29 is 9.47 Å². The van der Waals surface area contributed by atoms with Gasteiger partial charge in [-0.2, -0.15) is 0 Å². The molecule has 0 heterocycles. The Balaban J connectivity index is 2.56. The molecule has 0 bridgehead atoms. The van der Waals surface area contributed by atoms with Gasteiger partial charge in [0.25, 0.3) is 0 Å². The van der Waals surface area contributed by atoms with Crippen LogP contribution < -0.4 is 9.47 Å². The van der Waals surface area contributed by atoms with Crippen molar-refractivity contribution in [2.24, 2.45) is 0 Å². The molecule has 0 unspecified atom stereocenters. The van der Waals surface area contributed by atoms with Gasteiger partial charge < -0.3 is 9.47 Å². The summed E-state index contributed by atoms with van der Waals surface area (Å²) in [6.45, 7) is 4.39. The highest BCUT2D eigenvalue weighted by Gasteiger charge is 2.26. The highest BCUT2D eigenvalue weighted by Crippen LogP contribution is 2.38. The third kappa shape index (κ3) is 2.58. The minimum atomic E-state index is -0.138. The molecule has 0 N–H and O–H groups in total. The zero-order valence-corrected chi connectivity index (χ0v) is 11.9. The molecule has 0 aromatic heterocycles. The fourth-order valence-corrected chi connectivity index (χ4v) is 2.31.